The fourth-order valence-electron chi connectivity index (χ4n) is 3.10. The fourth-order valence-corrected chi connectivity index (χ4v) is 3.10. The zero-order valence-corrected chi connectivity index (χ0v) is 14.3. The molecule has 0 bridgehead atoms. The summed E-state index contributed by atoms with van der Waals surface area (Å²) in [6, 6.07) is 6.06. The van der Waals surface area contributed by atoms with E-state index in [4.69, 9.17) is 0 Å². The van der Waals surface area contributed by atoms with Gasteiger partial charge in [-0.25, -0.2) is 13.2 Å². The lowest BCUT2D eigenvalue weighted by Crippen LogP contribution is -2.42. The Morgan fingerprint density at radius 2 is 1.81 bits per heavy atom. The molecule has 0 aromatic heterocycles. The Kier molecular flexibility index (Phi) is 5.79. The fraction of sp³-hybridized carbons (Fsp3) is 0.316. The van der Waals surface area contributed by atoms with Gasteiger partial charge in [-0.15, -0.1) is 0 Å². The molecular weight excluding hydrogens is 361 g/mol. The Morgan fingerprint density at radius 1 is 1.15 bits per heavy atom. The van der Waals surface area contributed by atoms with Crippen LogP contribution < -0.4 is 10.6 Å². The highest BCUT2D eigenvalue weighted by Crippen LogP contribution is 2.28. The average Bonchev–Trinajstić information content (AvgIpc) is 3.10. The van der Waals surface area contributed by atoms with Gasteiger partial charge in [0.15, 0.2) is 11.6 Å². The van der Waals surface area contributed by atoms with E-state index < -0.39 is 41.2 Å². The number of carbonyl (C=O) groups is 1. The number of hydrogen-bond donors (Lipinski definition) is 4. The van der Waals surface area contributed by atoms with Gasteiger partial charge in [0.1, 0.15) is 5.82 Å². The van der Waals surface area contributed by atoms with Crippen molar-refractivity contribution < 1.29 is 28.2 Å². The van der Waals surface area contributed by atoms with Gasteiger partial charge in [-0.3, -0.25) is 4.79 Å². The standard InChI is InChI=1S/C19H19F3N2O3/c20-13-5-6-14(21)18(22)17(13)11-3-1-10(2-4-11)16(9-25)24-19(27)15-7-12(26)8-23-15/h1-6,12,15-16,23,25-26H,7-9H2,(H,24,27)/t12-,15+,16+/m1/s1. The first-order chi connectivity index (χ1) is 12.9. The van der Waals surface area contributed by atoms with Gasteiger partial charge in [0.25, 0.3) is 0 Å². The summed E-state index contributed by atoms with van der Waals surface area (Å²) in [5, 5.41) is 24.6. The highest BCUT2D eigenvalue weighted by atomic mass is 19.2. The predicted molar refractivity (Wildman–Crippen MR) is 92.1 cm³/mol. The molecule has 0 radical (unpaired) electrons. The summed E-state index contributed by atoms with van der Waals surface area (Å²) in [4.78, 5) is 12.2. The van der Waals surface area contributed by atoms with Crippen molar-refractivity contribution in [3.05, 3.63) is 59.4 Å². The number of rotatable bonds is 5. The Bertz CT molecular complexity index is 830. The molecule has 144 valence electrons. The summed E-state index contributed by atoms with van der Waals surface area (Å²) in [6.07, 6.45) is -0.315. The number of carbonyl (C=O) groups excluding carboxylic acids is 1. The second-order valence-electron chi connectivity index (χ2n) is 6.43. The molecule has 1 heterocycles. The lowest BCUT2D eigenvalue weighted by Gasteiger charge is -2.20. The van der Waals surface area contributed by atoms with Gasteiger partial charge in [0.2, 0.25) is 5.91 Å². The van der Waals surface area contributed by atoms with Crippen LogP contribution in [0.5, 0.6) is 0 Å². The minimum Gasteiger partial charge on any atom is -0.394 e. The van der Waals surface area contributed by atoms with Crippen molar-refractivity contribution in [3.8, 4) is 11.1 Å². The highest BCUT2D eigenvalue weighted by molar-refractivity contribution is 5.82. The van der Waals surface area contributed by atoms with Gasteiger partial charge < -0.3 is 20.8 Å². The topological polar surface area (TPSA) is 81.6 Å². The lowest BCUT2D eigenvalue weighted by molar-refractivity contribution is -0.124. The Hall–Kier alpha value is -2.42. The first kappa shape index (κ1) is 19.3. The molecule has 27 heavy (non-hydrogen) atoms. The van der Waals surface area contributed by atoms with Gasteiger partial charge in [0, 0.05) is 6.54 Å². The van der Waals surface area contributed by atoms with Crippen LogP contribution in [0.3, 0.4) is 0 Å². The monoisotopic (exact) mass is 380 g/mol. The van der Waals surface area contributed by atoms with E-state index in [1.165, 1.54) is 24.3 Å². The number of amides is 1. The van der Waals surface area contributed by atoms with Gasteiger partial charge in [0.05, 0.1) is 30.4 Å². The number of halogens is 3. The van der Waals surface area contributed by atoms with Gasteiger partial charge in [-0.05, 0) is 29.7 Å². The third kappa shape index (κ3) is 4.13. The van der Waals surface area contributed by atoms with E-state index in [1.54, 1.807) is 0 Å². The van der Waals surface area contributed by atoms with Crippen molar-refractivity contribution in [1.29, 1.82) is 0 Å². The number of β-amino-alcohol motifs (C(OH)–C–C–N with tert-alkyl or cyclic N) is 1. The van der Waals surface area contributed by atoms with E-state index in [9.17, 15) is 28.2 Å². The summed E-state index contributed by atoms with van der Waals surface area (Å²) in [5.74, 6) is -3.68. The molecule has 3 rings (SSSR count). The van der Waals surface area contributed by atoms with Crippen molar-refractivity contribution in [2.75, 3.05) is 13.2 Å². The van der Waals surface area contributed by atoms with Gasteiger partial charge >= 0.3 is 0 Å². The van der Waals surface area contributed by atoms with Crippen molar-refractivity contribution in [1.82, 2.24) is 10.6 Å². The SMILES string of the molecule is O=C(N[C@@H](CO)c1ccc(-c2c(F)ccc(F)c2F)cc1)[C@@H]1C[C@@H](O)CN1. The van der Waals surface area contributed by atoms with Gasteiger partial charge in [-0.1, -0.05) is 24.3 Å². The highest BCUT2D eigenvalue weighted by Gasteiger charge is 2.29. The summed E-state index contributed by atoms with van der Waals surface area (Å²) < 4.78 is 41.2. The molecule has 0 spiro atoms. The minimum absolute atomic E-state index is 0.136. The molecule has 4 N–H and O–H groups in total. The zero-order chi connectivity index (χ0) is 19.6. The van der Waals surface area contributed by atoms with E-state index in [1.807, 2.05) is 0 Å². The third-order valence-electron chi connectivity index (χ3n) is 4.57. The normalized spacial score (nSPS) is 20.5. The average molecular weight is 380 g/mol. The lowest BCUT2D eigenvalue weighted by atomic mass is 9.99. The number of benzene rings is 2. The minimum atomic E-state index is -1.28. The number of nitrogens with one attached hydrogen (secondary N) is 2. The molecule has 1 aliphatic heterocycles. The van der Waals surface area contributed by atoms with Crippen LogP contribution >= 0.6 is 0 Å². The maximum atomic E-state index is 13.9. The van der Waals surface area contributed by atoms with Crippen molar-refractivity contribution in [2.45, 2.75) is 24.6 Å². The maximum absolute atomic E-state index is 13.9. The first-order valence-corrected chi connectivity index (χ1v) is 8.47. The molecule has 0 unspecified atom stereocenters. The number of hydrogen-bond acceptors (Lipinski definition) is 4. The molecule has 5 nitrogen and oxygen atoms in total. The number of aliphatic hydroxyl groups is 2. The summed E-state index contributed by atoms with van der Waals surface area (Å²) in [7, 11) is 0. The van der Waals surface area contributed by atoms with Crippen LogP contribution in [0.25, 0.3) is 11.1 Å². The third-order valence-corrected chi connectivity index (χ3v) is 4.57. The Labute approximate surface area is 153 Å². The second kappa shape index (κ2) is 8.08. The van der Waals surface area contributed by atoms with Crippen LogP contribution in [-0.4, -0.2) is 41.4 Å². The molecule has 1 fully saturated rings. The predicted octanol–water partition coefficient (Wildman–Crippen LogP) is 1.64. The van der Waals surface area contributed by atoms with Crippen LogP contribution in [0.4, 0.5) is 13.2 Å². The van der Waals surface area contributed by atoms with E-state index in [0.29, 0.717) is 18.2 Å². The Morgan fingerprint density at radius 3 is 2.41 bits per heavy atom. The molecular formula is C19H19F3N2O3. The Balaban J connectivity index is 1.77. The van der Waals surface area contributed by atoms with E-state index in [2.05, 4.69) is 10.6 Å². The molecule has 0 saturated carbocycles. The smallest absolute Gasteiger partial charge is 0.237 e. The van der Waals surface area contributed by atoms with Crippen molar-refractivity contribution in [2.24, 2.45) is 0 Å². The van der Waals surface area contributed by atoms with Crippen molar-refractivity contribution >= 4 is 5.91 Å². The van der Waals surface area contributed by atoms with Crippen LogP contribution in [-0.2, 0) is 4.79 Å². The summed E-state index contributed by atoms with van der Waals surface area (Å²) in [6.45, 7) is -0.0651. The largest absolute Gasteiger partial charge is 0.394 e. The van der Waals surface area contributed by atoms with E-state index in [-0.39, 0.29) is 24.5 Å². The van der Waals surface area contributed by atoms with E-state index >= 15 is 0 Å². The second-order valence-corrected chi connectivity index (χ2v) is 6.43. The molecule has 1 aliphatic rings. The van der Waals surface area contributed by atoms with Crippen LogP contribution in [0.15, 0.2) is 36.4 Å². The van der Waals surface area contributed by atoms with Crippen LogP contribution in [0.1, 0.15) is 18.0 Å². The van der Waals surface area contributed by atoms with Crippen LogP contribution in [0, 0.1) is 17.5 Å². The quantitative estimate of drug-likeness (QED) is 0.595. The summed E-state index contributed by atoms with van der Waals surface area (Å²) >= 11 is 0. The maximum Gasteiger partial charge on any atom is 0.237 e. The first-order valence-electron chi connectivity index (χ1n) is 8.47. The van der Waals surface area contributed by atoms with Gasteiger partial charge in [-0.2, -0.15) is 0 Å². The molecule has 0 aliphatic carbocycles. The van der Waals surface area contributed by atoms with E-state index in [0.717, 1.165) is 6.07 Å². The zero-order valence-electron chi connectivity index (χ0n) is 14.3. The molecule has 1 amide bonds. The molecule has 1 saturated heterocycles. The van der Waals surface area contributed by atoms with Crippen LogP contribution in [0.2, 0.25) is 0 Å². The summed E-state index contributed by atoms with van der Waals surface area (Å²) in [5.41, 5.74) is 0.178. The molecule has 8 heteroatoms. The number of aliphatic hydroxyl groups excluding tert-OH is 2. The molecule has 3 atom stereocenters. The molecule has 2 aromatic carbocycles. The van der Waals surface area contributed by atoms with Crippen molar-refractivity contribution in [3.63, 3.8) is 0 Å². The molecule has 2 aromatic rings.